The van der Waals surface area contributed by atoms with E-state index in [2.05, 4.69) is 10.3 Å². The van der Waals surface area contributed by atoms with Crippen LogP contribution in [-0.2, 0) is 15.3 Å². The molecule has 130 valence electrons. The zero-order valence-corrected chi connectivity index (χ0v) is 15.0. The topological polar surface area (TPSA) is 74.7 Å². The van der Waals surface area contributed by atoms with Crippen LogP contribution in [0.2, 0.25) is 5.02 Å². The standard InChI is InChI=1S/C17H16ClN3O3S/c1-2-24-15(22)10-21-16(25)20-14-9-19-8-7-13(14)17(21,23)11-3-5-12(18)6-4-11/h3-9,23H,2,10H2,1H3,(H,20,25). The lowest BCUT2D eigenvalue weighted by Crippen LogP contribution is -2.57. The van der Waals surface area contributed by atoms with E-state index in [1.165, 1.54) is 4.90 Å². The Bertz CT molecular complexity index is 815. The largest absolute Gasteiger partial charge is 0.465 e. The first-order chi connectivity index (χ1) is 12.0. The van der Waals surface area contributed by atoms with E-state index in [9.17, 15) is 9.90 Å². The highest BCUT2D eigenvalue weighted by Gasteiger charge is 2.45. The summed E-state index contributed by atoms with van der Waals surface area (Å²) in [4.78, 5) is 17.5. The molecule has 8 heteroatoms. The maximum absolute atomic E-state index is 12.0. The number of carbonyl (C=O) groups is 1. The van der Waals surface area contributed by atoms with Gasteiger partial charge in [-0.2, -0.15) is 0 Å². The highest BCUT2D eigenvalue weighted by molar-refractivity contribution is 7.80. The molecule has 2 N–H and O–H groups in total. The maximum atomic E-state index is 12.0. The van der Waals surface area contributed by atoms with Crippen LogP contribution in [0.3, 0.4) is 0 Å². The average Bonchev–Trinajstić information content (AvgIpc) is 2.59. The number of pyridine rings is 1. The van der Waals surface area contributed by atoms with Crippen molar-refractivity contribution in [2.75, 3.05) is 18.5 Å². The zero-order valence-electron chi connectivity index (χ0n) is 13.4. The Morgan fingerprint density at radius 3 is 2.80 bits per heavy atom. The van der Waals surface area contributed by atoms with E-state index in [0.29, 0.717) is 21.8 Å². The van der Waals surface area contributed by atoms with E-state index in [1.54, 1.807) is 49.6 Å². The molecule has 0 bridgehead atoms. The lowest BCUT2D eigenvalue weighted by atomic mass is 9.90. The number of esters is 1. The van der Waals surface area contributed by atoms with Gasteiger partial charge in [0.15, 0.2) is 10.8 Å². The molecule has 1 aliphatic rings. The smallest absolute Gasteiger partial charge is 0.325 e. The van der Waals surface area contributed by atoms with Crippen LogP contribution in [-0.4, -0.2) is 39.2 Å². The van der Waals surface area contributed by atoms with Gasteiger partial charge in [-0.3, -0.25) is 9.78 Å². The Hall–Kier alpha value is -2.22. The van der Waals surface area contributed by atoms with Crippen LogP contribution in [0.25, 0.3) is 0 Å². The number of thiocarbonyl (C=S) groups is 1. The molecule has 2 heterocycles. The Balaban J connectivity index is 2.14. The minimum absolute atomic E-state index is 0.200. The van der Waals surface area contributed by atoms with Gasteiger partial charge in [-0.15, -0.1) is 0 Å². The highest BCUT2D eigenvalue weighted by atomic mass is 35.5. The van der Waals surface area contributed by atoms with Crippen LogP contribution in [0.15, 0.2) is 42.7 Å². The third kappa shape index (κ3) is 3.18. The summed E-state index contributed by atoms with van der Waals surface area (Å²) in [5, 5.41) is 15.4. The molecule has 1 aromatic heterocycles. The number of hydrogen-bond donors (Lipinski definition) is 2. The first-order valence-electron chi connectivity index (χ1n) is 7.64. The average molecular weight is 378 g/mol. The third-order valence-corrected chi connectivity index (χ3v) is 4.49. The van der Waals surface area contributed by atoms with Crippen LogP contribution in [0.1, 0.15) is 18.1 Å². The second-order valence-corrected chi connectivity index (χ2v) is 6.24. The normalized spacial score (nSPS) is 19.2. The van der Waals surface area contributed by atoms with Crippen molar-refractivity contribution >= 4 is 40.6 Å². The summed E-state index contributed by atoms with van der Waals surface area (Å²) in [7, 11) is 0. The van der Waals surface area contributed by atoms with Crippen LogP contribution >= 0.6 is 23.8 Å². The van der Waals surface area contributed by atoms with Gasteiger partial charge in [-0.1, -0.05) is 23.7 Å². The second-order valence-electron chi connectivity index (χ2n) is 5.42. The molecule has 0 saturated heterocycles. The van der Waals surface area contributed by atoms with Gasteiger partial charge in [-0.05, 0) is 37.3 Å². The molecule has 1 aromatic carbocycles. The minimum atomic E-state index is -1.65. The van der Waals surface area contributed by atoms with Gasteiger partial charge >= 0.3 is 5.97 Å². The van der Waals surface area contributed by atoms with E-state index in [0.717, 1.165) is 0 Å². The number of aromatic nitrogens is 1. The number of nitrogens with zero attached hydrogens (tertiary/aromatic N) is 2. The van der Waals surface area contributed by atoms with E-state index in [1.807, 2.05) is 0 Å². The van der Waals surface area contributed by atoms with Crippen molar-refractivity contribution in [2.24, 2.45) is 0 Å². The number of hydrogen-bond acceptors (Lipinski definition) is 5. The fraction of sp³-hybridized carbons (Fsp3) is 0.235. The van der Waals surface area contributed by atoms with Crippen LogP contribution in [0, 0.1) is 0 Å². The van der Waals surface area contributed by atoms with Crippen molar-refractivity contribution in [1.82, 2.24) is 9.88 Å². The van der Waals surface area contributed by atoms with Crippen molar-refractivity contribution in [3.8, 4) is 0 Å². The molecule has 3 rings (SSSR count). The molecule has 0 aliphatic carbocycles. The summed E-state index contributed by atoms with van der Waals surface area (Å²) >= 11 is 11.3. The summed E-state index contributed by atoms with van der Waals surface area (Å²) in [6.45, 7) is 1.75. The number of anilines is 1. The van der Waals surface area contributed by atoms with Crippen LogP contribution < -0.4 is 5.32 Å². The zero-order chi connectivity index (χ0) is 18.0. The lowest BCUT2D eigenvalue weighted by Gasteiger charge is -2.45. The summed E-state index contributed by atoms with van der Waals surface area (Å²) in [6, 6.07) is 8.40. The SMILES string of the molecule is CCOC(=O)CN1C(=S)Nc2cnccc2C1(O)c1ccc(Cl)cc1. The molecule has 1 atom stereocenters. The van der Waals surface area contributed by atoms with E-state index >= 15 is 0 Å². The molecular weight excluding hydrogens is 362 g/mol. The van der Waals surface area contributed by atoms with E-state index in [4.69, 9.17) is 28.6 Å². The minimum Gasteiger partial charge on any atom is -0.465 e. The number of rotatable bonds is 4. The van der Waals surface area contributed by atoms with Crippen LogP contribution in [0.4, 0.5) is 5.69 Å². The monoisotopic (exact) mass is 377 g/mol. The number of aliphatic hydroxyl groups is 1. The molecule has 0 fully saturated rings. The number of carbonyl (C=O) groups excluding carboxylic acids is 1. The van der Waals surface area contributed by atoms with Crippen LogP contribution in [0.5, 0.6) is 0 Å². The van der Waals surface area contributed by atoms with Crippen molar-refractivity contribution in [1.29, 1.82) is 0 Å². The molecule has 1 unspecified atom stereocenters. The van der Waals surface area contributed by atoms with Crippen molar-refractivity contribution < 1.29 is 14.6 Å². The van der Waals surface area contributed by atoms with Gasteiger partial charge in [-0.25, -0.2) is 0 Å². The van der Waals surface area contributed by atoms with Crippen molar-refractivity contribution in [3.05, 3.63) is 58.9 Å². The molecule has 0 amide bonds. The van der Waals surface area contributed by atoms with Crippen molar-refractivity contribution in [2.45, 2.75) is 12.6 Å². The third-order valence-electron chi connectivity index (χ3n) is 3.91. The number of benzene rings is 1. The maximum Gasteiger partial charge on any atom is 0.325 e. The highest BCUT2D eigenvalue weighted by Crippen LogP contribution is 2.41. The summed E-state index contributed by atoms with van der Waals surface area (Å²) in [5.74, 6) is -0.489. The summed E-state index contributed by atoms with van der Waals surface area (Å²) in [6.07, 6.45) is 3.14. The van der Waals surface area contributed by atoms with Gasteiger partial charge in [0.25, 0.3) is 0 Å². The molecule has 0 spiro atoms. The van der Waals surface area contributed by atoms with Crippen molar-refractivity contribution in [3.63, 3.8) is 0 Å². The Morgan fingerprint density at radius 1 is 1.40 bits per heavy atom. The predicted molar refractivity (Wildman–Crippen MR) is 98.2 cm³/mol. The Morgan fingerprint density at radius 2 is 2.12 bits per heavy atom. The second kappa shape index (κ2) is 6.95. The van der Waals surface area contributed by atoms with Gasteiger partial charge in [0.05, 0.1) is 18.5 Å². The van der Waals surface area contributed by atoms with E-state index in [-0.39, 0.29) is 18.3 Å². The molecule has 1 aliphatic heterocycles. The van der Waals surface area contributed by atoms with Gasteiger partial charge in [0.1, 0.15) is 6.54 Å². The summed E-state index contributed by atoms with van der Waals surface area (Å²) in [5.41, 5.74) is -0.0249. The fourth-order valence-corrected chi connectivity index (χ4v) is 3.22. The molecule has 6 nitrogen and oxygen atoms in total. The molecule has 25 heavy (non-hydrogen) atoms. The number of halogens is 1. The Labute approximate surface area is 155 Å². The molecule has 0 radical (unpaired) electrons. The molecule has 2 aromatic rings. The van der Waals surface area contributed by atoms with Gasteiger partial charge in [0.2, 0.25) is 0 Å². The molecular formula is C17H16ClN3O3S. The first kappa shape index (κ1) is 17.6. The van der Waals surface area contributed by atoms with Gasteiger partial charge < -0.3 is 20.1 Å². The number of nitrogens with one attached hydrogen (secondary N) is 1. The Kier molecular flexibility index (Phi) is 4.89. The summed E-state index contributed by atoms with van der Waals surface area (Å²) < 4.78 is 5.02. The lowest BCUT2D eigenvalue weighted by molar-refractivity contribution is -0.148. The fourth-order valence-electron chi connectivity index (χ4n) is 2.79. The van der Waals surface area contributed by atoms with Gasteiger partial charge in [0, 0.05) is 22.3 Å². The number of fused-ring (bicyclic) bond motifs is 1. The number of ether oxygens (including phenoxy) is 1. The quantitative estimate of drug-likeness (QED) is 0.626. The predicted octanol–water partition coefficient (Wildman–Crippen LogP) is 2.50. The van der Waals surface area contributed by atoms with E-state index < -0.39 is 11.7 Å². The first-order valence-corrected chi connectivity index (χ1v) is 8.42. The molecule has 0 saturated carbocycles.